The molecule has 0 amide bonds. The van der Waals surface area contributed by atoms with Gasteiger partial charge in [0, 0.05) is 17.7 Å². The third kappa shape index (κ3) is 3.60. The highest BCUT2D eigenvalue weighted by atomic mass is 16.5. The summed E-state index contributed by atoms with van der Waals surface area (Å²) in [4.78, 5) is 13.6. The van der Waals surface area contributed by atoms with Gasteiger partial charge >= 0.3 is 0 Å². The molecule has 3 aromatic carbocycles. The number of allylic oxidation sites excluding steroid dienone is 1. The Morgan fingerprint density at radius 1 is 0.781 bits per heavy atom. The molecule has 0 radical (unpaired) electrons. The van der Waals surface area contributed by atoms with Crippen molar-refractivity contribution in [3.63, 3.8) is 0 Å². The monoisotopic (exact) mass is 426 g/mol. The van der Waals surface area contributed by atoms with Gasteiger partial charge < -0.3 is 20.1 Å². The van der Waals surface area contributed by atoms with Gasteiger partial charge in [-0.25, -0.2) is 0 Å². The molecule has 32 heavy (non-hydrogen) atoms. The maximum absolute atomic E-state index is 13.6. The molecular formula is C27H26N2O3. The average molecular weight is 427 g/mol. The van der Waals surface area contributed by atoms with E-state index in [0.29, 0.717) is 17.9 Å². The number of ketones is 1. The van der Waals surface area contributed by atoms with Gasteiger partial charge in [0.25, 0.3) is 0 Å². The lowest BCUT2D eigenvalue weighted by Gasteiger charge is -2.30. The van der Waals surface area contributed by atoms with E-state index in [1.807, 2.05) is 60.7 Å². The number of nitrogens with one attached hydrogen (secondary N) is 2. The fraction of sp³-hybridized carbons (Fsp3) is 0.222. The molecule has 0 fully saturated rings. The Balaban J connectivity index is 1.62. The Morgan fingerprint density at radius 3 is 2.25 bits per heavy atom. The van der Waals surface area contributed by atoms with Gasteiger partial charge in [-0.2, -0.15) is 0 Å². The summed E-state index contributed by atoms with van der Waals surface area (Å²) in [6, 6.07) is 23.9. The molecule has 0 aromatic heterocycles. The second-order valence-corrected chi connectivity index (χ2v) is 8.19. The predicted molar refractivity (Wildman–Crippen MR) is 126 cm³/mol. The molecule has 2 N–H and O–H groups in total. The summed E-state index contributed by atoms with van der Waals surface area (Å²) < 4.78 is 11.0. The van der Waals surface area contributed by atoms with E-state index < -0.39 is 0 Å². The quantitative estimate of drug-likeness (QED) is 0.562. The summed E-state index contributed by atoms with van der Waals surface area (Å²) >= 11 is 0. The maximum Gasteiger partial charge on any atom is 0.163 e. The van der Waals surface area contributed by atoms with Gasteiger partial charge in [0.2, 0.25) is 0 Å². The molecule has 5 nitrogen and oxygen atoms in total. The van der Waals surface area contributed by atoms with Crippen LogP contribution in [0, 0.1) is 0 Å². The number of methoxy groups -OCH3 is 2. The molecule has 5 heteroatoms. The minimum absolute atomic E-state index is 0.159. The minimum atomic E-state index is -0.287. The Morgan fingerprint density at radius 2 is 1.50 bits per heavy atom. The highest BCUT2D eigenvalue weighted by Crippen LogP contribution is 2.45. The second-order valence-electron chi connectivity index (χ2n) is 8.19. The van der Waals surface area contributed by atoms with E-state index in [1.54, 1.807) is 14.2 Å². The molecule has 2 aliphatic rings. The lowest BCUT2D eigenvalue weighted by Crippen LogP contribution is -2.26. The summed E-state index contributed by atoms with van der Waals surface area (Å²) in [7, 11) is 3.25. The van der Waals surface area contributed by atoms with Crippen LogP contribution in [0.4, 0.5) is 11.4 Å². The molecule has 1 aliphatic heterocycles. The van der Waals surface area contributed by atoms with E-state index >= 15 is 0 Å². The Kier molecular flexibility index (Phi) is 5.31. The van der Waals surface area contributed by atoms with Gasteiger partial charge in [-0.05, 0) is 47.7 Å². The fourth-order valence-electron chi connectivity index (χ4n) is 4.74. The zero-order valence-corrected chi connectivity index (χ0v) is 18.2. The van der Waals surface area contributed by atoms with E-state index in [0.717, 1.165) is 34.6 Å². The number of rotatable bonds is 4. The molecule has 0 spiro atoms. The lowest BCUT2D eigenvalue weighted by molar-refractivity contribution is -0.116. The average Bonchev–Trinajstić information content (AvgIpc) is 3.01. The summed E-state index contributed by atoms with van der Waals surface area (Å²) in [5.74, 6) is 1.63. The van der Waals surface area contributed by atoms with Crippen LogP contribution in [0.25, 0.3) is 0 Å². The zero-order valence-electron chi connectivity index (χ0n) is 18.2. The van der Waals surface area contributed by atoms with Crippen LogP contribution < -0.4 is 20.1 Å². The van der Waals surface area contributed by atoms with Crippen LogP contribution in [0.3, 0.4) is 0 Å². The van der Waals surface area contributed by atoms with Crippen LogP contribution in [0.1, 0.15) is 35.9 Å². The maximum atomic E-state index is 13.6. The Hall–Kier alpha value is -3.73. The molecule has 1 heterocycles. The van der Waals surface area contributed by atoms with E-state index in [4.69, 9.17) is 9.47 Å². The first-order chi connectivity index (χ1) is 15.7. The molecule has 1 aliphatic carbocycles. The van der Waals surface area contributed by atoms with Crippen LogP contribution in [0.15, 0.2) is 84.1 Å². The Labute approximate surface area is 188 Å². The van der Waals surface area contributed by atoms with Gasteiger partial charge in [0.05, 0.1) is 31.6 Å². The van der Waals surface area contributed by atoms with E-state index in [1.165, 1.54) is 5.56 Å². The van der Waals surface area contributed by atoms with Crippen molar-refractivity contribution in [2.24, 2.45) is 0 Å². The third-order valence-electron chi connectivity index (χ3n) is 6.32. The van der Waals surface area contributed by atoms with E-state index in [2.05, 4.69) is 22.8 Å². The van der Waals surface area contributed by atoms with Crippen LogP contribution >= 0.6 is 0 Å². The number of benzene rings is 3. The zero-order chi connectivity index (χ0) is 22.1. The van der Waals surface area contributed by atoms with Crippen molar-refractivity contribution in [2.75, 3.05) is 24.9 Å². The summed E-state index contributed by atoms with van der Waals surface area (Å²) in [5.41, 5.74) is 5.87. The highest BCUT2D eigenvalue weighted by molar-refractivity contribution is 6.01. The smallest absolute Gasteiger partial charge is 0.163 e. The van der Waals surface area contributed by atoms with Crippen molar-refractivity contribution in [1.82, 2.24) is 0 Å². The van der Waals surface area contributed by atoms with Crippen molar-refractivity contribution in [2.45, 2.75) is 24.8 Å². The number of anilines is 2. The van der Waals surface area contributed by atoms with Crippen molar-refractivity contribution >= 4 is 17.2 Å². The van der Waals surface area contributed by atoms with Crippen molar-refractivity contribution in [3.8, 4) is 11.5 Å². The summed E-state index contributed by atoms with van der Waals surface area (Å²) in [5, 5.41) is 7.19. The molecule has 2 atom stereocenters. The summed E-state index contributed by atoms with van der Waals surface area (Å²) in [6.45, 7) is 0. The molecule has 0 saturated carbocycles. The number of hydrogen-bond donors (Lipinski definition) is 2. The van der Waals surface area contributed by atoms with E-state index in [-0.39, 0.29) is 17.7 Å². The van der Waals surface area contributed by atoms with Crippen LogP contribution in [-0.2, 0) is 4.79 Å². The molecule has 0 bridgehead atoms. The number of ether oxygens (including phenoxy) is 2. The molecule has 3 aromatic rings. The SMILES string of the molecule is COc1ccc([C@H]2Nc3ccccc3NC3=C2C(=O)C[C@@H](c2ccccc2)C3)cc1OC. The standard InChI is InChI=1S/C27H26N2O3/c1-31-24-13-12-18(16-25(24)32-2)27-26-22(28-20-10-6-7-11-21(20)29-27)14-19(15-23(26)30)17-8-4-3-5-9-17/h3-13,16,19,27-29H,14-15H2,1-2H3/t19-,27+/m0/s1. The van der Waals surface area contributed by atoms with Gasteiger partial charge in [-0.15, -0.1) is 0 Å². The van der Waals surface area contributed by atoms with E-state index in [9.17, 15) is 4.79 Å². The van der Waals surface area contributed by atoms with Crippen molar-refractivity contribution < 1.29 is 14.3 Å². The first-order valence-electron chi connectivity index (χ1n) is 10.8. The fourth-order valence-corrected chi connectivity index (χ4v) is 4.74. The minimum Gasteiger partial charge on any atom is -0.493 e. The number of fused-ring (bicyclic) bond motifs is 1. The topological polar surface area (TPSA) is 59.6 Å². The third-order valence-corrected chi connectivity index (χ3v) is 6.32. The van der Waals surface area contributed by atoms with Crippen LogP contribution in [-0.4, -0.2) is 20.0 Å². The first-order valence-corrected chi connectivity index (χ1v) is 10.8. The van der Waals surface area contributed by atoms with Gasteiger partial charge in [-0.3, -0.25) is 4.79 Å². The van der Waals surface area contributed by atoms with Gasteiger partial charge in [0.1, 0.15) is 0 Å². The first kappa shape index (κ1) is 20.2. The Bertz CT molecular complexity index is 1190. The van der Waals surface area contributed by atoms with Crippen LogP contribution in [0.2, 0.25) is 0 Å². The number of hydrogen-bond acceptors (Lipinski definition) is 5. The van der Waals surface area contributed by atoms with Crippen molar-refractivity contribution in [1.29, 1.82) is 0 Å². The summed E-state index contributed by atoms with van der Waals surface area (Å²) in [6.07, 6.45) is 1.28. The molecular weight excluding hydrogens is 400 g/mol. The van der Waals surface area contributed by atoms with Gasteiger partial charge in [-0.1, -0.05) is 48.5 Å². The van der Waals surface area contributed by atoms with Gasteiger partial charge in [0.15, 0.2) is 17.3 Å². The largest absolute Gasteiger partial charge is 0.493 e. The molecule has 0 unspecified atom stereocenters. The highest BCUT2D eigenvalue weighted by Gasteiger charge is 2.36. The number of carbonyl (C=O) groups is 1. The normalized spacial score (nSPS) is 19.8. The lowest BCUT2D eigenvalue weighted by atomic mass is 9.78. The van der Waals surface area contributed by atoms with Crippen molar-refractivity contribution in [3.05, 3.63) is 95.2 Å². The predicted octanol–water partition coefficient (Wildman–Crippen LogP) is 5.68. The van der Waals surface area contributed by atoms with Crippen LogP contribution in [0.5, 0.6) is 11.5 Å². The number of Topliss-reactive ketones (excluding diaryl/α,β-unsaturated/α-hetero) is 1. The molecule has 162 valence electrons. The molecule has 0 saturated heterocycles. The molecule has 5 rings (SSSR count). The second kappa shape index (κ2) is 8.42. The number of para-hydroxylation sites is 2. The number of carbonyl (C=O) groups excluding carboxylic acids is 1.